The Bertz CT molecular complexity index is 929. The lowest BCUT2D eigenvalue weighted by molar-refractivity contribution is -0.115. The molecular weight excluding hydrogens is 452 g/mol. The molecule has 0 spiro atoms. The summed E-state index contributed by atoms with van der Waals surface area (Å²) < 4.78 is 11.7. The fraction of sp³-hybridized carbons (Fsp3) is 0.158. The number of ether oxygens (including phenoxy) is 2. The molecule has 0 atom stereocenters. The Morgan fingerprint density at radius 3 is 2.70 bits per heavy atom. The number of benzene rings is 2. The molecule has 0 unspecified atom stereocenters. The van der Waals surface area contributed by atoms with Crippen LogP contribution in [0.5, 0.6) is 11.5 Å². The maximum absolute atomic E-state index is 12.3. The second-order valence-corrected chi connectivity index (χ2v) is 7.75. The standard InChI is InChI=1S/C19H16BrClN2O3S/c1-3-26-15-9-11(8-14(20)17(15)25-2)10-16-18(24)23-19(27-16)22-13-6-4-12(21)5-7-13/h4-10H,3H2,1-2H3,(H,22,23,24)/b16-10-. The predicted octanol–water partition coefficient (Wildman–Crippen LogP) is 5.40. The molecule has 0 saturated carbocycles. The molecule has 1 aliphatic heterocycles. The highest BCUT2D eigenvalue weighted by atomic mass is 79.9. The number of amidine groups is 1. The minimum atomic E-state index is -0.197. The second-order valence-electron chi connectivity index (χ2n) is 5.43. The summed E-state index contributed by atoms with van der Waals surface area (Å²) in [4.78, 5) is 17.3. The van der Waals surface area contributed by atoms with Gasteiger partial charge in [-0.3, -0.25) is 4.79 Å². The topological polar surface area (TPSA) is 59.9 Å². The van der Waals surface area contributed by atoms with Crippen LogP contribution in [0.15, 0.2) is 50.8 Å². The Morgan fingerprint density at radius 1 is 1.30 bits per heavy atom. The molecule has 27 heavy (non-hydrogen) atoms. The lowest BCUT2D eigenvalue weighted by Gasteiger charge is -2.12. The summed E-state index contributed by atoms with van der Waals surface area (Å²) in [5, 5.41) is 3.93. The van der Waals surface area contributed by atoms with Crippen molar-refractivity contribution >= 4 is 62.1 Å². The van der Waals surface area contributed by atoms with Gasteiger partial charge in [0.05, 0.1) is 28.8 Å². The second kappa shape index (κ2) is 8.82. The van der Waals surface area contributed by atoms with Crippen molar-refractivity contribution < 1.29 is 14.3 Å². The van der Waals surface area contributed by atoms with E-state index in [0.717, 1.165) is 10.0 Å². The number of rotatable bonds is 5. The molecule has 0 radical (unpaired) electrons. The van der Waals surface area contributed by atoms with Crippen molar-refractivity contribution in [2.24, 2.45) is 4.99 Å². The summed E-state index contributed by atoms with van der Waals surface area (Å²) in [7, 11) is 1.58. The molecule has 5 nitrogen and oxygen atoms in total. The first kappa shape index (κ1) is 19.8. The van der Waals surface area contributed by atoms with E-state index < -0.39 is 0 Å². The summed E-state index contributed by atoms with van der Waals surface area (Å²) >= 11 is 10.6. The molecule has 1 heterocycles. The Morgan fingerprint density at radius 2 is 2.04 bits per heavy atom. The van der Waals surface area contributed by atoms with Gasteiger partial charge in [-0.1, -0.05) is 11.6 Å². The zero-order chi connectivity index (χ0) is 19.4. The number of aliphatic imine (C=N–C) groups is 1. The van der Waals surface area contributed by atoms with Crippen LogP contribution in [0.3, 0.4) is 0 Å². The number of nitrogens with one attached hydrogen (secondary N) is 1. The molecule has 2 aromatic carbocycles. The van der Waals surface area contributed by atoms with Gasteiger partial charge in [0.15, 0.2) is 16.7 Å². The molecule has 1 N–H and O–H groups in total. The predicted molar refractivity (Wildman–Crippen MR) is 114 cm³/mol. The summed E-state index contributed by atoms with van der Waals surface area (Å²) in [5.74, 6) is 1.03. The SMILES string of the molecule is CCOc1cc(/C=C2\SC(=Nc3ccc(Cl)cc3)NC2=O)cc(Br)c1OC. The maximum Gasteiger partial charge on any atom is 0.264 e. The zero-order valence-electron chi connectivity index (χ0n) is 14.6. The van der Waals surface area contributed by atoms with E-state index in [-0.39, 0.29) is 5.91 Å². The number of hydrogen-bond donors (Lipinski definition) is 1. The van der Waals surface area contributed by atoms with Crippen molar-refractivity contribution in [1.29, 1.82) is 0 Å². The zero-order valence-corrected chi connectivity index (χ0v) is 17.7. The molecule has 140 valence electrons. The van der Waals surface area contributed by atoms with Crippen molar-refractivity contribution in [1.82, 2.24) is 5.32 Å². The van der Waals surface area contributed by atoms with Crippen molar-refractivity contribution in [2.75, 3.05) is 13.7 Å². The van der Waals surface area contributed by atoms with E-state index in [1.165, 1.54) is 11.8 Å². The Hall–Kier alpha value is -1.96. The number of amides is 1. The monoisotopic (exact) mass is 466 g/mol. The highest BCUT2D eigenvalue weighted by molar-refractivity contribution is 9.10. The van der Waals surface area contributed by atoms with Crippen LogP contribution < -0.4 is 14.8 Å². The van der Waals surface area contributed by atoms with Gasteiger partial charge in [-0.25, -0.2) is 4.99 Å². The highest BCUT2D eigenvalue weighted by Crippen LogP contribution is 2.38. The van der Waals surface area contributed by atoms with Gasteiger partial charge in [-0.05, 0) is 82.7 Å². The van der Waals surface area contributed by atoms with Crippen LogP contribution in [0.2, 0.25) is 5.02 Å². The number of hydrogen-bond acceptors (Lipinski definition) is 5. The van der Waals surface area contributed by atoms with Crippen molar-refractivity contribution in [2.45, 2.75) is 6.92 Å². The Kier molecular flexibility index (Phi) is 6.46. The van der Waals surface area contributed by atoms with E-state index in [9.17, 15) is 4.79 Å². The molecule has 1 saturated heterocycles. The summed E-state index contributed by atoms with van der Waals surface area (Å²) in [6, 6.07) is 10.8. The van der Waals surface area contributed by atoms with Crippen LogP contribution in [0.4, 0.5) is 5.69 Å². The lowest BCUT2D eigenvalue weighted by Crippen LogP contribution is -2.19. The van der Waals surface area contributed by atoms with Crippen molar-refractivity contribution in [3.63, 3.8) is 0 Å². The van der Waals surface area contributed by atoms with Gasteiger partial charge in [0.25, 0.3) is 5.91 Å². The molecule has 1 fully saturated rings. The number of thioether (sulfide) groups is 1. The number of methoxy groups -OCH3 is 1. The average molecular weight is 468 g/mol. The minimum absolute atomic E-state index is 0.197. The lowest BCUT2D eigenvalue weighted by atomic mass is 10.2. The van der Waals surface area contributed by atoms with E-state index in [0.29, 0.717) is 38.9 Å². The highest BCUT2D eigenvalue weighted by Gasteiger charge is 2.24. The van der Waals surface area contributed by atoms with E-state index in [4.69, 9.17) is 21.1 Å². The van der Waals surface area contributed by atoms with Gasteiger partial charge in [-0.15, -0.1) is 0 Å². The number of nitrogens with zero attached hydrogens (tertiary/aromatic N) is 1. The van der Waals surface area contributed by atoms with E-state index in [1.54, 1.807) is 37.5 Å². The minimum Gasteiger partial charge on any atom is -0.492 e. The van der Waals surface area contributed by atoms with Gasteiger partial charge < -0.3 is 14.8 Å². The molecule has 1 amide bonds. The van der Waals surface area contributed by atoms with Crippen LogP contribution in [0.25, 0.3) is 6.08 Å². The molecule has 0 aliphatic carbocycles. The third kappa shape index (κ3) is 4.86. The molecule has 0 aromatic heterocycles. The van der Waals surface area contributed by atoms with E-state index in [1.807, 2.05) is 19.1 Å². The Balaban J connectivity index is 1.87. The van der Waals surface area contributed by atoms with Crippen molar-refractivity contribution in [3.05, 3.63) is 56.4 Å². The first-order valence-electron chi connectivity index (χ1n) is 8.05. The fourth-order valence-corrected chi connectivity index (χ4v) is 3.99. The maximum atomic E-state index is 12.3. The third-order valence-electron chi connectivity index (χ3n) is 3.54. The molecule has 0 bridgehead atoms. The first-order valence-corrected chi connectivity index (χ1v) is 10.0. The molecule has 2 aromatic rings. The van der Waals surface area contributed by atoms with E-state index >= 15 is 0 Å². The normalized spacial score (nSPS) is 16.7. The fourth-order valence-electron chi connectivity index (χ4n) is 2.40. The molecule has 8 heteroatoms. The van der Waals surface area contributed by atoms with Crippen LogP contribution >= 0.6 is 39.3 Å². The number of halogens is 2. The van der Waals surface area contributed by atoms with Gasteiger partial charge in [0.2, 0.25) is 0 Å². The molecule has 3 rings (SSSR count). The molecule has 1 aliphatic rings. The Labute approximate surface area is 174 Å². The van der Waals surface area contributed by atoms with Crippen LogP contribution in [0.1, 0.15) is 12.5 Å². The largest absolute Gasteiger partial charge is 0.492 e. The van der Waals surface area contributed by atoms with Crippen LogP contribution in [-0.2, 0) is 4.79 Å². The summed E-state index contributed by atoms with van der Waals surface area (Å²) in [6.45, 7) is 2.41. The van der Waals surface area contributed by atoms with Crippen molar-refractivity contribution in [3.8, 4) is 11.5 Å². The smallest absolute Gasteiger partial charge is 0.264 e. The summed E-state index contributed by atoms with van der Waals surface area (Å²) in [6.07, 6.45) is 1.79. The van der Waals surface area contributed by atoms with Crippen LogP contribution in [-0.4, -0.2) is 24.8 Å². The summed E-state index contributed by atoms with van der Waals surface area (Å²) in [5.41, 5.74) is 1.53. The van der Waals surface area contributed by atoms with Gasteiger partial charge in [-0.2, -0.15) is 0 Å². The molecular formula is C19H16BrClN2O3S. The van der Waals surface area contributed by atoms with Gasteiger partial charge in [0.1, 0.15) is 0 Å². The number of carbonyl (C=O) groups excluding carboxylic acids is 1. The van der Waals surface area contributed by atoms with Gasteiger partial charge >= 0.3 is 0 Å². The first-order chi connectivity index (χ1) is 13.0. The van der Waals surface area contributed by atoms with Crippen LogP contribution in [0, 0.1) is 0 Å². The quantitative estimate of drug-likeness (QED) is 0.598. The van der Waals surface area contributed by atoms with E-state index in [2.05, 4.69) is 26.2 Å². The number of carbonyl (C=O) groups is 1. The van der Waals surface area contributed by atoms with Gasteiger partial charge in [0, 0.05) is 5.02 Å². The third-order valence-corrected chi connectivity index (χ3v) is 5.29. The average Bonchev–Trinajstić information content (AvgIpc) is 2.96.